The number of nitrogens with zero attached hydrogens (tertiary/aromatic N) is 2. The van der Waals surface area contributed by atoms with Crippen molar-refractivity contribution in [2.45, 2.75) is 20.3 Å². The Morgan fingerprint density at radius 2 is 2.25 bits per heavy atom. The van der Waals surface area contributed by atoms with Gasteiger partial charge in [-0.3, -0.25) is 0 Å². The highest BCUT2D eigenvalue weighted by Crippen LogP contribution is 2.17. The topological polar surface area (TPSA) is 48.7 Å². The first-order valence-corrected chi connectivity index (χ1v) is 6.69. The molecule has 0 saturated carbocycles. The highest BCUT2D eigenvalue weighted by Gasteiger charge is 2.07. The summed E-state index contributed by atoms with van der Waals surface area (Å²) in [5, 5.41) is 12.3. The van der Waals surface area contributed by atoms with Crippen LogP contribution < -0.4 is 5.32 Å². The fraction of sp³-hybridized carbons (Fsp3) is 0.500. The SMILES string of the molecule is CSCCCNc1nc(C)cc(C)c1C#N. The molecule has 1 aromatic rings. The Balaban J connectivity index is 2.75. The molecule has 0 atom stereocenters. The van der Waals surface area contributed by atoms with Gasteiger partial charge in [-0.1, -0.05) is 0 Å². The number of rotatable bonds is 5. The summed E-state index contributed by atoms with van der Waals surface area (Å²) in [6.45, 7) is 4.76. The van der Waals surface area contributed by atoms with Crippen LogP contribution in [0, 0.1) is 25.2 Å². The van der Waals surface area contributed by atoms with Crippen LogP contribution >= 0.6 is 11.8 Å². The van der Waals surface area contributed by atoms with Gasteiger partial charge in [-0.05, 0) is 43.9 Å². The van der Waals surface area contributed by atoms with Crippen molar-refractivity contribution in [3.63, 3.8) is 0 Å². The minimum Gasteiger partial charge on any atom is -0.369 e. The zero-order chi connectivity index (χ0) is 12.0. The van der Waals surface area contributed by atoms with Crippen LogP contribution in [0.25, 0.3) is 0 Å². The van der Waals surface area contributed by atoms with Crippen LogP contribution in [0.3, 0.4) is 0 Å². The quantitative estimate of drug-likeness (QED) is 0.797. The number of aryl methyl sites for hydroxylation is 2. The molecule has 1 aromatic heterocycles. The van der Waals surface area contributed by atoms with E-state index >= 15 is 0 Å². The van der Waals surface area contributed by atoms with Crippen molar-refractivity contribution in [3.8, 4) is 6.07 Å². The normalized spacial score (nSPS) is 9.88. The maximum absolute atomic E-state index is 9.06. The first kappa shape index (κ1) is 12.9. The summed E-state index contributed by atoms with van der Waals surface area (Å²) in [4.78, 5) is 4.36. The van der Waals surface area contributed by atoms with Crippen LogP contribution in [-0.2, 0) is 0 Å². The lowest BCUT2D eigenvalue weighted by Gasteiger charge is -2.09. The molecule has 1 rings (SSSR count). The number of thioether (sulfide) groups is 1. The second kappa shape index (κ2) is 6.39. The average molecular weight is 235 g/mol. The molecule has 0 saturated heterocycles. The predicted octanol–water partition coefficient (Wildman–Crippen LogP) is 2.74. The third kappa shape index (κ3) is 3.42. The van der Waals surface area contributed by atoms with Crippen molar-refractivity contribution >= 4 is 17.6 Å². The van der Waals surface area contributed by atoms with Crippen molar-refractivity contribution in [3.05, 3.63) is 22.9 Å². The molecule has 3 nitrogen and oxygen atoms in total. The monoisotopic (exact) mass is 235 g/mol. The minimum atomic E-state index is 0.662. The molecule has 0 fully saturated rings. The van der Waals surface area contributed by atoms with E-state index in [1.54, 1.807) is 0 Å². The van der Waals surface area contributed by atoms with Gasteiger partial charge in [0.15, 0.2) is 0 Å². The lowest BCUT2D eigenvalue weighted by atomic mass is 10.1. The molecule has 0 bridgehead atoms. The van der Waals surface area contributed by atoms with Gasteiger partial charge in [0, 0.05) is 12.2 Å². The van der Waals surface area contributed by atoms with Gasteiger partial charge in [0.1, 0.15) is 11.9 Å². The number of anilines is 1. The number of aromatic nitrogens is 1. The first-order valence-electron chi connectivity index (χ1n) is 5.30. The number of hydrogen-bond donors (Lipinski definition) is 1. The van der Waals surface area contributed by atoms with Gasteiger partial charge in [-0.15, -0.1) is 0 Å². The highest BCUT2D eigenvalue weighted by molar-refractivity contribution is 7.98. The van der Waals surface area contributed by atoms with Gasteiger partial charge >= 0.3 is 0 Å². The van der Waals surface area contributed by atoms with Crippen LogP contribution in [0.4, 0.5) is 5.82 Å². The van der Waals surface area contributed by atoms with Gasteiger partial charge < -0.3 is 5.32 Å². The summed E-state index contributed by atoms with van der Waals surface area (Å²) in [7, 11) is 0. The second-order valence-corrected chi connectivity index (χ2v) is 4.67. The van der Waals surface area contributed by atoms with Gasteiger partial charge in [0.2, 0.25) is 0 Å². The molecule has 0 amide bonds. The maximum atomic E-state index is 9.06. The van der Waals surface area contributed by atoms with E-state index in [0.717, 1.165) is 35.8 Å². The second-order valence-electron chi connectivity index (χ2n) is 3.69. The van der Waals surface area contributed by atoms with E-state index in [1.165, 1.54) is 0 Å². The molecule has 0 aliphatic heterocycles. The molecule has 0 unspecified atom stereocenters. The van der Waals surface area contributed by atoms with Crippen LogP contribution in [0.2, 0.25) is 0 Å². The first-order chi connectivity index (χ1) is 7.69. The van der Waals surface area contributed by atoms with Gasteiger partial charge in [-0.25, -0.2) is 4.98 Å². The van der Waals surface area contributed by atoms with E-state index in [9.17, 15) is 0 Å². The summed E-state index contributed by atoms with van der Waals surface area (Å²) in [5.74, 6) is 1.85. The van der Waals surface area contributed by atoms with Crippen molar-refractivity contribution in [2.75, 3.05) is 23.9 Å². The zero-order valence-corrected chi connectivity index (χ0v) is 10.8. The van der Waals surface area contributed by atoms with Crippen molar-refractivity contribution in [2.24, 2.45) is 0 Å². The van der Waals surface area contributed by atoms with E-state index in [-0.39, 0.29) is 0 Å². The van der Waals surface area contributed by atoms with Gasteiger partial charge in [-0.2, -0.15) is 17.0 Å². The molecule has 1 N–H and O–H groups in total. The average Bonchev–Trinajstić information content (AvgIpc) is 2.24. The van der Waals surface area contributed by atoms with Gasteiger partial charge in [0.05, 0.1) is 5.56 Å². The molecule has 86 valence electrons. The standard InChI is InChI=1S/C12H17N3S/c1-9-7-10(2)15-12(11(9)8-13)14-5-4-6-16-3/h7H,4-6H2,1-3H3,(H,14,15). The molecule has 16 heavy (non-hydrogen) atoms. The van der Waals surface area contributed by atoms with E-state index in [2.05, 4.69) is 22.6 Å². The number of hydrogen-bond acceptors (Lipinski definition) is 4. The summed E-state index contributed by atoms with van der Waals surface area (Å²) in [5.41, 5.74) is 2.60. The van der Waals surface area contributed by atoms with Crippen LogP contribution in [-0.4, -0.2) is 23.5 Å². The molecule has 0 aliphatic rings. The third-order valence-corrected chi connectivity index (χ3v) is 2.97. The van der Waals surface area contributed by atoms with E-state index in [0.29, 0.717) is 5.56 Å². The van der Waals surface area contributed by atoms with E-state index in [4.69, 9.17) is 5.26 Å². The lowest BCUT2D eigenvalue weighted by Crippen LogP contribution is -2.07. The molecule has 0 aliphatic carbocycles. The van der Waals surface area contributed by atoms with E-state index in [1.807, 2.05) is 31.7 Å². The largest absolute Gasteiger partial charge is 0.369 e. The lowest BCUT2D eigenvalue weighted by molar-refractivity contribution is 0.974. The third-order valence-electron chi connectivity index (χ3n) is 2.27. The molecule has 0 aromatic carbocycles. The van der Waals surface area contributed by atoms with Crippen LogP contribution in [0.15, 0.2) is 6.07 Å². The maximum Gasteiger partial charge on any atom is 0.144 e. The van der Waals surface area contributed by atoms with Crippen molar-refractivity contribution in [1.29, 1.82) is 5.26 Å². The fourth-order valence-corrected chi connectivity index (χ4v) is 1.96. The summed E-state index contributed by atoms with van der Waals surface area (Å²) < 4.78 is 0. The Kier molecular flexibility index (Phi) is 5.13. The van der Waals surface area contributed by atoms with E-state index < -0.39 is 0 Å². The fourth-order valence-electron chi connectivity index (χ4n) is 1.53. The Bertz CT molecular complexity index is 396. The molecular formula is C12H17N3S. The minimum absolute atomic E-state index is 0.662. The summed E-state index contributed by atoms with van der Waals surface area (Å²) in [6, 6.07) is 4.14. The Labute approximate surface area is 101 Å². The molecule has 0 spiro atoms. The Morgan fingerprint density at radius 3 is 2.88 bits per heavy atom. The zero-order valence-electron chi connectivity index (χ0n) is 10.0. The molecular weight excluding hydrogens is 218 g/mol. The Morgan fingerprint density at radius 1 is 1.50 bits per heavy atom. The van der Waals surface area contributed by atoms with Gasteiger partial charge in [0.25, 0.3) is 0 Å². The van der Waals surface area contributed by atoms with Crippen molar-refractivity contribution in [1.82, 2.24) is 4.98 Å². The molecule has 0 radical (unpaired) electrons. The summed E-state index contributed by atoms with van der Waals surface area (Å²) in [6.07, 6.45) is 3.18. The van der Waals surface area contributed by atoms with Crippen LogP contribution in [0.1, 0.15) is 23.2 Å². The summed E-state index contributed by atoms with van der Waals surface area (Å²) >= 11 is 1.83. The van der Waals surface area contributed by atoms with Crippen LogP contribution in [0.5, 0.6) is 0 Å². The number of pyridine rings is 1. The smallest absolute Gasteiger partial charge is 0.144 e. The number of nitrogens with one attached hydrogen (secondary N) is 1. The highest BCUT2D eigenvalue weighted by atomic mass is 32.2. The molecule has 1 heterocycles. The Hall–Kier alpha value is -1.21. The number of nitriles is 1. The molecule has 4 heteroatoms. The van der Waals surface area contributed by atoms with Crippen molar-refractivity contribution < 1.29 is 0 Å². The predicted molar refractivity (Wildman–Crippen MR) is 69.9 cm³/mol.